The predicted molar refractivity (Wildman–Crippen MR) is 43.4 cm³/mol. The maximum absolute atomic E-state index is 2.22. The molecule has 0 bridgehead atoms. The maximum atomic E-state index is 2.22. The molecule has 0 unspecified atom stereocenters. The Labute approximate surface area is 58.3 Å². The summed E-state index contributed by atoms with van der Waals surface area (Å²) in [7, 11) is 0. The van der Waals surface area contributed by atoms with E-state index in [0.29, 0.717) is 0 Å². The Hall–Kier alpha value is -0.520. The summed E-state index contributed by atoms with van der Waals surface area (Å²) in [6.45, 7) is 6.45. The van der Waals surface area contributed by atoms with Gasteiger partial charge in [0, 0.05) is 0 Å². The van der Waals surface area contributed by atoms with Gasteiger partial charge in [-0.2, -0.15) is 0 Å². The molecule has 0 aromatic carbocycles. The third kappa shape index (κ3) is 5.35. The van der Waals surface area contributed by atoms with Gasteiger partial charge in [-0.3, -0.25) is 0 Å². The van der Waals surface area contributed by atoms with Gasteiger partial charge in [0.1, 0.15) is 0 Å². The van der Waals surface area contributed by atoms with E-state index in [0.717, 1.165) is 5.92 Å². The second kappa shape index (κ2) is 5.61. The van der Waals surface area contributed by atoms with Crippen LogP contribution in [0, 0.1) is 5.92 Å². The molecule has 0 rings (SSSR count). The molecule has 0 heterocycles. The highest BCUT2D eigenvalue weighted by Crippen LogP contribution is 2.01. The summed E-state index contributed by atoms with van der Waals surface area (Å²) in [5.74, 6) is 0.723. The molecule has 0 amide bonds. The van der Waals surface area contributed by atoms with Crippen molar-refractivity contribution in [1.82, 2.24) is 0 Å². The minimum atomic E-state index is 0.723. The molecule has 0 aliphatic carbocycles. The van der Waals surface area contributed by atoms with Gasteiger partial charge in [-0.1, -0.05) is 44.6 Å². The van der Waals surface area contributed by atoms with Crippen molar-refractivity contribution in [2.75, 3.05) is 0 Å². The zero-order valence-electron chi connectivity index (χ0n) is 6.59. The van der Waals surface area contributed by atoms with Crippen molar-refractivity contribution in [3.8, 4) is 0 Å². The average Bonchev–Trinajstić information content (AvgIpc) is 1.89. The SMILES string of the molecule is C/C=C/C=C\[C@H](C)CC. The van der Waals surface area contributed by atoms with Gasteiger partial charge >= 0.3 is 0 Å². The highest BCUT2D eigenvalue weighted by atomic mass is 13.9. The molecule has 0 nitrogen and oxygen atoms in total. The molecule has 0 aromatic heterocycles. The molecular weight excluding hydrogens is 108 g/mol. The Kier molecular flexibility index (Phi) is 5.29. The Bertz CT molecular complexity index is 98.6. The average molecular weight is 124 g/mol. The lowest BCUT2D eigenvalue weighted by molar-refractivity contribution is 0.698. The molecule has 0 heteroatoms. The van der Waals surface area contributed by atoms with E-state index < -0.39 is 0 Å². The van der Waals surface area contributed by atoms with Crippen LogP contribution in [0.2, 0.25) is 0 Å². The molecule has 9 heavy (non-hydrogen) atoms. The largest absolute Gasteiger partial charge is 0.0877 e. The fourth-order valence-corrected chi connectivity index (χ4v) is 0.501. The first-order valence-electron chi connectivity index (χ1n) is 3.60. The summed E-state index contributed by atoms with van der Waals surface area (Å²) in [4.78, 5) is 0. The van der Waals surface area contributed by atoms with Crippen molar-refractivity contribution in [2.24, 2.45) is 5.92 Å². The number of hydrogen-bond acceptors (Lipinski definition) is 0. The molecule has 0 saturated heterocycles. The number of rotatable bonds is 3. The van der Waals surface area contributed by atoms with Gasteiger partial charge < -0.3 is 0 Å². The van der Waals surface area contributed by atoms with Gasteiger partial charge in [-0.05, 0) is 12.8 Å². The first-order valence-corrected chi connectivity index (χ1v) is 3.60. The van der Waals surface area contributed by atoms with Crippen LogP contribution in [0.4, 0.5) is 0 Å². The Morgan fingerprint density at radius 1 is 1.33 bits per heavy atom. The lowest BCUT2D eigenvalue weighted by atomic mass is 10.1. The van der Waals surface area contributed by atoms with Crippen molar-refractivity contribution >= 4 is 0 Å². The molecular formula is C9H16. The molecule has 0 fully saturated rings. The molecule has 0 radical (unpaired) electrons. The van der Waals surface area contributed by atoms with E-state index in [9.17, 15) is 0 Å². The van der Waals surface area contributed by atoms with Gasteiger partial charge in [-0.25, -0.2) is 0 Å². The van der Waals surface area contributed by atoms with Crippen LogP contribution in [0.3, 0.4) is 0 Å². The van der Waals surface area contributed by atoms with Crippen LogP contribution in [0.5, 0.6) is 0 Å². The quantitative estimate of drug-likeness (QED) is 0.507. The highest BCUT2D eigenvalue weighted by Gasteiger charge is 1.86. The van der Waals surface area contributed by atoms with Crippen LogP contribution in [0.25, 0.3) is 0 Å². The van der Waals surface area contributed by atoms with E-state index in [-0.39, 0.29) is 0 Å². The van der Waals surface area contributed by atoms with E-state index in [1.54, 1.807) is 0 Å². The molecule has 0 spiro atoms. The van der Waals surface area contributed by atoms with Crippen LogP contribution < -0.4 is 0 Å². The minimum absolute atomic E-state index is 0.723. The van der Waals surface area contributed by atoms with E-state index >= 15 is 0 Å². The fraction of sp³-hybridized carbons (Fsp3) is 0.556. The van der Waals surface area contributed by atoms with Crippen LogP contribution in [-0.4, -0.2) is 0 Å². The van der Waals surface area contributed by atoms with E-state index in [4.69, 9.17) is 0 Å². The van der Waals surface area contributed by atoms with Gasteiger partial charge in [0.2, 0.25) is 0 Å². The molecule has 52 valence electrons. The van der Waals surface area contributed by atoms with Crippen LogP contribution in [0.15, 0.2) is 24.3 Å². The summed E-state index contributed by atoms with van der Waals surface area (Å²) < 4.78 is 0. The monoisotopic (exact) mass is 124 g/mol. The Morgan fingerprint density at radius 2 is 2.00 bits per heavy atom. The van der Waals surface area contributed by atoms with Gasteiger partial charge in [0.05, 0.1) is 0 Å². The molecule has 0 aliphatic heterocycles. The third-order valence-corrected chi connectivity index (χ3v) is 1.39. The second-order valence-electron chi connectivity index (χ2n) is 2.30. The number of hydrogen-bond donors (Lipinski definition) is 0. The van der Waals surface area contributed by atoms with E-state index in [1.165, 1.54) is 6.42 Å². The van der Waals surface area contributed by atoms with E-state index in [2.05, 4.69) is 32.1 Å². The molecule has 1 atom stereocenters. The second-order valence-corrected chi connectivity index (χ2v) is 2.30. The smallest absolute Gasteiger partial charge is 0.0261 e. The maximum Gasteiger partial charge on any atom is -0.0261 e. The Morgan fingerprint density at radius 3 is 2.44 bits per heavy atom. The highest BCUT2D eigenvalue weighted by molar-refractivity contribution is 5.02. The minimum Gasteiger partial charge on any atom is -0.0877 e. The molecule has 0 aliphatic rings. The van der Waals surface area contributed by atoms with Crippen LogP contribution in [0.1, 0.15) is 27.2 Å². The summed E-state index contributed by atoms with van der Waals surface area (Å²) in [5.41, 5.74) is 0. The molecule has 0 saturated carbocycles. The predicted octanol–water partition coefficient (Wildman–Crippen LogP) is 3.16. The lowest BCUT2D eigenvalue weighted by Crippen LogP contribution is -1.82. The zero-order valence-corrected chi connectivity index (χ0v) is 6.59. The summed E-state index contributed by atoms with van der Waals surface area (Å²) in [6.07, 6.45) is 9.66. The van der Waals surface area contributed by atoms with Crippen LogP contribution >= 0.6 is 0 Å². The lowest BCUT2D eigenvalue weighted by Gasteiger charge is -1.96. The van der Waals surface area contributed by atoms with Crippen LogP contribution in [-0.2, 0) is 0 Å². The summed E-state index contributed by atoms with van der Waals surface area (Å²) in [5, 5.41) is 0. The van der Waals surface area contributed by atoms with Gasteiger partial charge in [0.25, 0.3) is 0 Å². The van der Waals surface area contributed by atoms with Crippen molar-refractivity contribution in [1.29, 1.82) is 0 Å². The topological polar surface area (TPSA) is 0 Å². The Balaban J connectivity index is 3.43. The number of allylic oxidation sites excluding steroid dienone is 4. The normalized spacial score (nSPS) is 15.4. The first-order chi connectivity index (χ1) is 4.31. The summed E-state index contributed by atoms with van der Waals surface area (Å²) in [6, 6.07) is 0. The van der Waals surface area contributed by atoms with Gasteiger partial charge in [0.15, 0.2) is 0 Å². The van der Waals surface area contributed by atoms with Crippen molar-refractivity contribution in [2.45, 2.75) is 27.2 Å². The molecule has 0 aromatic rings. The van der Waals surface area contributed by atoms with E-state index in [1.807, 2.05) is 13.0 Å². The first kappa shape index (κ1) is 8.48. The third-order valence-electron chi connectivity index (χ3n) is 1.39. The van der Waals surface area contributed by atoms with Crippen molar-refractivity contribution in [3.63, 3.8) is 0 Å². The van der Waals surface area contributed by atoms with Crippen molar-refractivity contribution < 1.29 is 0 Å². The zero-order chi connectivity index (χ0) is 7.11. The van der Waals surface area contributed by atoms with Gasteiger partial charge in [-0.15, -0.1) is 0 Å². The fourth-order valence-electron chi connectivity index (χ4n) is 0.501. The molecule has 0 N–H and O–H groups in total. The van der Waals surface area contributed by atoms with Crippen molar-refractivity contribution in [3.05, 3.63) is 24.3 Å². The standard InChI is InChI=1S/C9H16/c1-4-6-7-8-9(3)5-2/h4,6-9H,5H2,1-3H3/b6-4+,8-7-/t9-/m1/s1. The summed E-state index contributed by atoms with van der Waals surface area (Å²) >= 11 is 0.